The molecule has 0 unspecified atom stereocenters. The monoisotopic (exact) mass is 215 g/mol. The molecule has 1 aromatic rings. The molecule has 0 aliphatic rings. The molecule has 5 nitrogen and oxygen atoms in total. The lowest BCUT2D eigenvalue weighted by Gasteiger charge is -2.12. The molecule has 0 atom stereocenters. The van der Waals surface area contributed by atoms with E-state index in [9.17, 15) is 4.79 Å². The Morgan fingerprint density at radius 1 is 1.57 bits per heavy atom. The quantitative estimate of drug-likeness (QED) is 0.799. The SMILES string of the molecule is CN(CC(=O)O)Cc1ccc(Cl)nn1. The van der Waals surface area contributed by atoms with E-state index < -0.39 is 5.97 Å². The summed E-state index contributed by atoms with van der Waals surface area (Å²) < 4.78 is 0. The van der Waals surface area contributed by atoms with Gasteiger partial charge < -0.3 is 5.11 Å². The fourth-order valence-corrected chi connectivity index (χ4v) is 1.09. The van der Waals surface area contributed by atoms with E-state index in [-0.39, 0.29) is 6.54 Å². The molecule has 0 spiro atoms. The molecule has 6 heteroatoms. The maximum Gasteiger partial charge on any atom is 0.317 e. The third-order valence-corrected chi connectivity index (χ3v) is 1.73. The number of halogens is 1. The molecule has 0 aromatic carbocycles. The summed E-state index contributed by atoms with van der Waals surface area (Å²) in [6, 6.07) is 3.34. The van der Waals surface area contributed by atoms with Crippen LogP contribution in [0.4, 0.5) is 0 Å². The Kier molecular flexibility index (Phi) is 3.79. The number of aromatic nitrogens is 2. The molecule has 0 amide bonds. The van der Waals surface area contributed by atoms with Crippen molar-refractivity contribution in [3.05, 3.63) is 23.0 Å². The highest BCUT2D eigenvalue weighted by Gasteiger charge is 2.05. The number of hydrogen-bond acceptors (Lipinski definition) is 4. The van der Waals surface area contributed by atoms with E-state index in [1.54, 1.807) is 24.1 Å². The minimum absolute atomic E-state index is 0.0235. The van der Waals surface area contributed by atoms with Crippen LogP contribution in [-0.2, 0) is 11.3 Å². The maximum absolute atomic E-state index is 10.4. The molecule has 0 fully saturated rings. The van der Waals surface area contributed by atoms with Gasteiger partial charge in [0.25, 0.3) is 0 Å². The van der Waals surface area contributed by atoms with Gasteiger partial charge in [0.05, 0.1) is 12.2 Å². The van der Waals surface area contributed by atoms with Crippen molar-refractivity contribution < 1.29 is 9.90 Å². The van der Waals surface area contributed by atoms with Crippen LogP contribution >= 0.6 is 11.6 Å². The molecule has 1 aromatic heterocycles. The normalized spacial score (nSPS) is 10.5. The van der Waals surface area contributed by atoms with Crippen molar-refractivity contribution in [3.8, 4) is 0 Å². The second-order valence-corrected chi connectivity index (χ2v) is 3.30. The first kappa shape index (κ1) is 10.9. The Labute approximate surface area is 86.3 Å². The smallest absolute Gasteiger partial charge is 0.317 e. The van der Waals surface area contributed by atoms with Gasteiger partial charge in [0.15, 0.2) is 5.15 Å². The van der Waals surface area contributed by atoms with Gasteiger partial charge in [-0.15, -0.1) is 5.10 Å². The zero-order valence-electron chi connectivity index (χ0n) is 7.64. The van der Waals surface area contributed by atoms with Crippen molar-refractivity contribution in [1.29, 1.82) is 0 Å². The number of carboxylic acid groups (broad SMARTS) is 1. The lowest BCUT2D eigenvalue weighted by atomic mass is 10.3. The van der Waals surface area contributed by atoms with Gasteiger partial charge >= 0.3 is 5.97 Å². The Hall–Kier alpha value is -1.20. The number of hydrogen-bond donors (Lipinski definition) is 1. The number of nitrogens with zero attached hydrogens (tertiary/aromatic N) is 3. The lowest BCUT2D eigenvalue weighted by molar-refractivity contribution is -0.138. The first-order chi connectivity index (χ1) is 6.58. The first-order valence-electron chi connectivity index (χ1n) is 3.96. The van der Waals surface area contributed by atoms with Gasteiger partial charge in [-0.1, -0.05) is 11.6 Å². The van der Waals surface area contributed by atoms with Gasteiger partial charge in [0.2, 0.25) is 0 Å². The highest BCUT2D eigenvalue weighted by molar-refractivity contribution is 6.29. The molecule has 1 rings (SSSR count). The predicted molar refractivity (Wildman–Crippen MR) is 51.0 cm³/mol. The Bertz CT molecular complexity index is 315. The zero-order valence-corrected chi connectivity index (χ0v) is 8.40. The standard InChI is InChI=1S/C8H10ClN3O2/c1-12(5-8(13)14)4-6-2-3-7(9)11-10-6/h2-3H,4-5H2,1H3,(H,13,14). The van der Waals surface area contributed by atoms with Crippen molar-refractivity contribution in [2.75, 3.05) is 13.6 Å². The van der Waals surface area contributed by atoms with Crippen LogP contribution in [0.1, 0.15) is 5.69 Å². The molecule has 1 heterocycles. The third-order valence-electron chi connectivity index (χ3n) is 1.52. The van der Waals surface area contributed by atoms with Crippen LogP contribution in [0.15, 0.2) is 12.1 Å². The largest absolute Gasteiger partial charge is 0.480 e. The van der Waals surface area contributed by atoms with Crippen molar-refractivity contribution >= 4 is 17.6 Å². The van der Waals surface area contributed by atoms with Crippen LogP contribution in [-0.4, -0.2) is 39.8 Å². The molecular formula is C8H10ClN3O2. The van der Waals surface area contributed by atoms with Gasteiger partial charge in [-0.2, -0.15) is 5.10 Å². The summed E-state index contributed by atoms with van der Waals surface area (Å²) in [6.45, 7) is 0.417. The molecule has 0 radical (unpaired) electrons. The first-order valence-corrected chi connectivity index (χ1v) is 4.34. The van der Waals surface area contributed by atoms with E-state index in [1.807, 2.05) is 0 Å². The second kappa shape index (κ2) is 4.88. The van der Waals surface area contributed by atoms with Gasteiger partial charge in [0.1, 0.15) is 0 Å². The minimum Gasteiger partial charge on any atom is -0.480 e. The van der Waals surface area contributed by atoms with E-state index in [0.717, 1.165) is 0 Å². The Morgan fingerprint density at radius 2 is 2.29 bits per heavy atom. The molecule has 0 bridgehead atoms. The molecule has 0 aliphatic carbocycles. The zero-order chi connectivity index (χ0) is 10.6. The van der Waals surface area contributed by atoms with E-state index in [0.29, 0.717) is 17.4 Å². The summed E-state index contributed by atoms with van der Waals surface area (Å²) in [5.74, 6) is -0.866. The highest BCUT2D eigenvalue weighted by Crippen LogP contribution is 2.03. The predicted octanol–water partition coefficient (Wildman–Crippen LogP) is 0.646. The number of likely N-dealkylation sites (N-methyl/N-ethyl adjacent to an activating group) is 1. The fourth-order valence-electron chi connectivity index (χ4n) is 0.991. The molecule has 14 heavy (non-hydrogen) atoms. The second-order valence-electron chi connectivity index (χ2n) is 2.91. The summed E-state index contributed by atoms with van der Waals surface area (Å²) in [5.41, 5.74) is 0.693. The number of carboxylic acids is 1. The van der Waals surface area contributed by atoms with Gasteiger partial charge in [-0.05, 0) is 19.2 Å². The van der Waals surface area contributed by atoms with Crippen molar-refractivity contribution in [3.63, 3.8) is 0 Å². The summed E-state index contributed by atoms with van der Waals surface area (Å²) in [7, 11) is 1.70. The topological polar surface area (TPSA) is 66.3 Å². The minimum atomic E-state index is -0.866. The van der Waals surface area contributed by atoms with Crippen LogP contribution < -0.4 is 0 Å². The van der Waals surface area contributed by atoms with Crippen LogP contribution in [0.3, 0.4) is 0 Å². The number of aliphatic carboxylic acids is 1. The van der Waals surface area contributed by atoms with Crippen LogP contribution in [0, 0.1) is 0 Å². The summed E-state index contributed by atoms with van der Waals surface area (Å²) in [5, 5.41) is 16.3. The summed E-state index contributed by atoms with van der Waals surface area (Å²) >= 11 is 5.55. The summed E-state index contributed by atoms with van der Waals surface area (Å²) in [4.78, 5) is 12.0. The van der Waals surface area contributed by atoms with Gasteiger partial charge in [0, 0.05) is 6.54 Å². The molecule has 1 N–H and O–H groups in total. The van der Waals surface area contributed by atoms with Crippen LogP contribution in [0.5, 0.6) is 0 Å². The molecular weight excluding hydrogens is 206 g/mol. The van der Waals surface area contributed by atoms with E-state index in [4.69, 9.17) is 16.7 Å². The average molecular weight is 216 g/mol. The molecule has 0 saturated carbocycles. The Balaban J connectivity index is 2.51. The van der Waals surface area contributed by atoms with Crippen LogP contribution in [0.2, 0.25) is 5.15 Å². The van der Waals surface area contributed by atoms with E-state index in [1.165, 1.54) is 0 Å². The van der Waals surface area contributed by atoms with Crippen LogP contribution in [0.25, 0.3) is 0 Å². The van der Waals surface area contributed by atoms with Crippen molar-refractivity contribution in [2.24, 2.45) is 0 Å². The highest BCUT2D eigenvalue weighted by atomic mass is 35.5. The van der Waals surface area contributed by atoms with Gasteiger partial charge in [-0.25, -0.2) is 0 Å². The molecule has 76 valence electrons. The fraction of sp³-hybridized carbons (Fsp3) is 0.375. The Morgan fingerprint density at radius 3 is 2.79 bits per heavy atom. The molecule has 0 saturated heterocycles. The summed E-state index contributed by atoms with van der Waals surface area (Å²) in [6.07, 6.45) is 0. The average Bonchev–Trinajstić information content (AvgIpc) is 2.07. The third kappa shape index (κ3) is 3.68. The number of rotatable bonds is 4. The molecule has 0 aliphatic heterocycles. The van der Waals surface area contributed by atoms with E-state index in [2.05, 4.69) is 10.2 Å². The van der Waals surface area contributed by atoms with Crippen molar-refractivity contribution in [2.45, 2.75) is 6.54 Å². The van der Waals surface area contributed by atoms with Crippen molar-refractivity contribution in [1.82, 2.24) is 15.1 Å². The maximum atomic E-state index is 10.4. The van der Waals surface area contributed by atoms with Gasteiger partial charge in [-0.3, -0.25) is 9.69 Å². The number of carbonyl (C=O) groups is 1. The van der Waals surface area contributed by atoms with E-state index >= 15 is 0 Å². The lowest BCUT2D eigenvalue weighted by Crippen LogP contribution is -2.25.